The lowest BCUT2D eigenvalue weighted by Crippen LogP contribution is -1.91. The summed E-state index contributed by atoms with van der Waals surface area (Å²) < 4.78 is 0. The Morgan fingerprint density at radius 3 is 2.60 bits per heavy atom. The number of rotatable bonds is 4. The highest BCUT2D eigenvalue weighted by molar-refractivity contribution is 7.98. The molecule has 7 heteroatoms. The van der Waals surface area contributed by atoms with Gasteiger partial charge < -0.3 is 5.73 Å². The summed E-state index contributed by atoms with van der Waals surface area (Å²) in [5.41, 5.74) is 7.28. The lowest BCUT2D eigenvalue weighted by Gasteiger charge is -2.07. The highest BCUT2D eigenvalue weighted by Crippen LogP contribution is 2.33. The van der Waals surface area contributed by atoms with E-state index in [1.165, 1.54) is 23.9 Å². The third-order valence-electron chi connectivity index (χ3n) is 2.61. The van der Waals surface area contributed by atoms with Crippen molar-refractivity contribution in [3.8, 4) is 0 Å². The van der Waals surface area contributed by atoms with Crippen LogP contribution in [0.1, 0.15) is 5.56 Å². The van der Waals surface area contributed by atoms with E-state index >= 15 is 0 Å². The zero-order valence-electron chi connectivity index (χ0n) is 10.2. The zero-order chi connectivity index (χ0) is 14.7. The molecule has 0 aliphatic heterocycles. The fourth-order valence-corrected chi connectivity index (χ4v) is 3.12. The first kappa shape index (κ1) is 15.0. The second-order valence-corrected chi connectivity index (χ2v) is 5.86. The molecule has 2 rings (SSSR count). The summed E-state index contributed by atoms with van der Waals surface area (Å²) in [4.78, 5) is 11.0. The molecule has 0 spiro atoms. The maximum Gasteiger partial charge on any atom is 0.270 e. The van der Waals surface area contributed by atoms with Gasteiger partial charge in [0.2, 0.25) is 0 Å². The van der Waals surface area contributed by atoms with Crippen LogP contribution in [0.4, 0.5) is 11.4 Å². The molecule has 0 fully saturated rings. The van der Waals surface area contributed by atoms with Crippen LogP contribution in [-0.2, 0) is 5.75 Å². The number of nitrogens with zero attached hydrogens (tertiary/aromatic N) is 1. The van der Waals surface area contributed by atoms with Gasteiger partial charge in [0, 0.05) is 33.5 Å². The average molecular weight is 329 g/mol. The van der Waals surface area contributed by atoms with E-state index < -0.39 is 4.92 Å². The summed E-state index contributed by atoms with van der Waals surface area (Å²) in [5.74, 6) is 0.557. The molecule has 2 aromatic carbocycles. The van der Waals surface area contributed by atoms with E-state index in [1.54, 1.807) is 24.3 Å². The number of halogens is 2. The van der Waals surface area contributed by atoms with Gasteiger partial charge in [0.05, 0.1) is 9.95 Å². The molecule has 0 aliphatic carbocycles. The van der Waals surface area contributed by atoms with Crippen molar-refractivity contribution in [3.05, 3.63) is 62.1 Å². The van der Waals surface area contributed by atoms with Crippen molar-refractivity contribution in [2.75, 3.05) is 5.73 Å². The molecule has 0 unspecified atom stereocenters. The smallest absolute Gasteiger partial charge is 0.270 e. The number of hydrogen-bond acceptors (Lipinski definition) is 4. The standard InChI is InChI=1S/C13H10Cl2N2O2S/c14-9-2-4-12(16)13(5-9)20-7-8-1-3-10(17(18)19)6-11(8)15/h1-6H,7,16H2. The Morgan fingerprint density at radius 2 is 1.95 bits per heavy atom. The van der Waals surface area contributed by atoms with Gasteiger partial charge in [0.1, 0.15) is 0 Å². The Morgan fingerprint density at radius 1 is 1.20 bits per heavy atom. The first-order chi connectivity index (χ1) is 9.47. The second-order valence-electron chi connectivity index (χ2n) is 4.00. The molecule has 0 radical (unpaired) electrons. The van der Waals surface area contributed by atoms with E-state index in [4.69, 9.17) is 28.9 Å². The van der Waals surface area contributed by atoms with Crippen molar-refractivity contribution in [1.82, 2.24) is 0 Å². The molecule has 0 aromatic heterocycles. The van der Waals surface area contributed by atoms with Crippen LogP contribution in [0.15, 0.2) is 41.3 Å². The van der Waals surface area contributed by atoms with Gasteiger partial charge >= 0.3 is 0 Å². The minimum atomic E-state index is -0.474. The molecule has 0 heterocycles. The molecule has 2 aromatic rings. The van der Waals surface area contributed by atoms with Gasteiger partial charge in [-0.1, -0.05) is 23.2 Å². The van der Waals surface area contributed by atoms with Gasteiger partial charge in [-0.15, -0.1) is 11.8 Å². The first-order valence-corrected chi connectivity index (χ1v) is 7.32. The Bertz CT molecular complexity index is 665. The molecule has 2 N–H and O–H groups in total. The summed E-state index contributed by atoms with van der Waals surface area (Å²) in [6.45, 7) is 0. The van der Waals surface area contributed by atoms with Gasteiger partial charge in [-0.2, -0.15) is 0 Å². The van der Waals surface area contributed by atoms with Crippen LogP contribution in [0.2, 0.25) is 10.0 Å². The van der Waals surface area contributed by atoms with Crippen LogP contribution < -0.4 is 5.73 Å². The predicted molar refractivity (Wildman–Crippen MR) is 83.5 cm³/mol. The highest BCUT2D eigenvalue weighted by Gasteiger charge is 2.10. The molecule has 0 atom stereocenters. The van der Waals surface area contributed by atoms with Crippen LogP contribution in [0.3, 0.4) is 0 Å². The minimum absolute atomic E-state index is 0.0222. The lowest BCUT2D eigenvalue weighted by atomic mass is 10.2. The summed E-state index contributed by atoms with van der Waals surface area (Å²) in [6.07, 6.45) is 0. The van der Waals surface area contributed by atoms with E-state index in [9.17, 15) is 10.1 Å². The van der Waals surface area contributed by atoms with E-state index in [-0.39, 0.29) is 5.69 Å². The number of non-ortho nitro benzene ring substituents is 1. The summed E-state index contributed by atoms with van der Waals surface area (Å²) in [6, 6.07) is 9.67. The van der Waals surface area contributed by atoms with E-state index in [1.807, 2.05) is 0 Å². The number of nitrogens with two attached hydrogens (primary N) is 1. The molecule has 0 bridgehead atoms. The topological polar surface area (TPSA) is 69.2 Å². The number of hydrogen-bond donors (Lipinski definition) is 1. The quantitative estimate of drug-likeness (QED) is 0.379. The van der Waals surface area contributed by atoms with Crippen LogP contribution in [-0.4, -0.2) is 4.92 Å². The molecular weight excluding hydrogens is 319 g/mol. The van der Waals surface area contributed by atoms with Crippen molar-refractivity contribution in [2.24, 2.45) is 0 Å². The molecule has 0 saturated heterocycles. The largest absolute Gasteiger partial charge is 0.398 e. The van der Waals surface area contributed by atoms with Gasteiger partial charge in [0.25, 0.3) is 5.69 Å². The molecule has 20 heavy (non-hydrogen) atoms. The summed E-state index contributed by atoms with van der Waals surface area (Å²) in [7, 11) is 0. The van der Waals surface area contributed by atoms with Crippen molar-refractivity contribution in [3.63, 3.8) is 0 Å². The normalized spacial score (nSPS) is 10.5. The van der Waals surface area contributed by atoms with E-state index in [0.717, 1.165) is 10.5 Å². The van der Waals surface area contributed by atoms with Crippen molar-refractivity contribution >= 4 is 46.3 Å². The van der Waals surface area contributed by atoms with Crippen molar-refractivity contribution in [2.45, 2.75) is 10.6 Å². The molecule has 4 nitrogen and oxygen atoms in total. The first-order valence-electron chi connectivity index (χ1n) is 5.58. The SMILES string of the molecule is Nc1ccc(Cl)cc1SCc1ccc([N+](=O)[O-])cc1Cl. The third-order valence-corrected chi connectivity index (χ3v) is 4.31. The number of nitro benzene ring substituents is 1. The van der Waals surface area contributed by atoms with Crippen molar-refractivity contribution in [1.29, 1.82) is 0 Å². The van der Waals surface area contributed by atoms with E-state index in [2.05, 4.69) is 0 Å². The molecule has 0 amide bonds. The number of nitrogen functional groups attached to an aromatic ring is 1. The molecule has 0 saturated carbocycles. The summed E-state index contributed by atoms with van der Waals surface area (Å²) >= 11 is 13.4. The fraction of sp³-hybridized carbons (Fsp3) is 0.0769. The Kier molecular flexibility index (Phi) is 4.75. The van der Waals surface area contributed by atoms with Crippen LogP contribution in [0, 0.1) is 10.1 Å². The van der Waals surface area contributed by atoms with Crippen LogP contribution in [0.25, 0.3) is 0 Å². The summed E-state index contributed by atoms with van der Waals surface area (Å²) in [5, 5.41) is 11.6. The van der Waals surface area contributed by atoms with Crippen LogP contribution >= 0.6 is 35.0 Å². The van der Waals surface area contributed by atoms with Gasteiger partial charge in [0.15, 0.2) is 0 Å². The van der Waals surface area contributed by atoms with Crippen LogP contribution in [0.5, 0.6) is 0 Å². The minimum Gasteiger partial charge on any atom is -0.398 e. The van der Waals surface area contributed by atoms with E-state index in [0.29, 0.717) is 21.5 Å². The van der Waals surface area contributed by atoms with Gasteiger partial charge in [-0.25, -0.2) is 0 Å². The number of benzene rings is 2. The Hall–Kier alpha value is -1.43. The fourth-order valence-electron chi connectivity index (χ4n) is 1.56. The molecular formula is C13H10Cl2N2O2S. The predicted octanol–water partition coefficient (Wildman–Crippen LogP) is 4.78. The monoisotopic (exact) mass is 328 g/mol. The van der Waals surface area contributed by atoms with Gasteiger partial charge in [-0.05, 0) is 29.8 Å². The number of nitro groups is 1. The average Bonchev–Trinajstić information content (AvgIpc) is 2.40. The highest BCUT2D eigenvalue weighted by atomic mass is 35.5. The Balaban J connectivity index is 2.15. The molecule has 104 valence electrons. The molecule has 0 aliphatic rings. The maximum atomic E-state index is 10.6. The second kappa shape index (κ2) is 6.35. The van der Waals surface area contributed by atoms with Crippen molar-refractivity contribution < 1.29 is 4.92 Å². The zero-order valence-corrected chi connectivity index (χ0v) is 12.5. The number of anilines is 1. The Labute approximate surface area is 130 Å². The maximum absolute atomic E-state index is 10.6. The number of thioether (sulfide) groups is 1. The third kappa shape index (κ3) is 3.56. The lowest BCUT2D eigenvalue weighted by molar-refractivity contribution is -0.384. The van der Waals surface area contributed by atoms with Gasteiger partial charge in [-0.3, -0.25) is 10.1 Å².